The van der Waals surface area contributed by atoms with Crippen molar-refractivity contribution in [2.75, 3.05) is 7.11 Å². The van der Waals surface area contributed by atoms with Gasteiger partial charge in [-0.3, -0.25) is 0 Å². The highest BCUT2D eigenvalue weighted by Gasteiger charge is 2.08. The van der Waals surface area contributed by atoms with Gasteiger partial charge in [0.2, 0.25) is 5.76 Å². The summed E-state index contributed by atoms with van der Waals surface area (Å²) >= 11 is 0. The largest absolute Gasteiger partial charge is 0.463 e. The molecule has 0 atom stereocenters. The minimum absolute atomic E-state index is 0.106. The molecule has 0 amide bonds. The molecule has 0 fully saturated rings. The number of hydrogen-bond acceptors (Lipinski definition) is 3. The first-order chi connectivity index (χ1) is 6.15. The van der Waals surface area contributed by atoms with E-state index in [2.05, 4.69) is 4.74 Å². The molecule has 0 aromatic rings. The quantitative estimate of drug-likeness (QED) is 0.531. The van der Waals surface area contributed by atoms with Crippen LogP contribution in [0.15, 0.2) is 36.3 Å². The summed E-state index contributed by atoms with van der Waals surface area (Å²) in [7, 11) is 1.19. The summed E-state index contributed by atoms with van der Waals surface area (Å²) in [5, 5.41) is 0. The lowest BCUT2D eigenvalue weighted by atomic mass is 10.4. The van der Waals surface area contributed by atoms with E-state index in [1.807, 2.05) is 0 Å². The van der Waals surface area contributed by atoms with Gasteiger partial charge in [0.15, 0.2) is 0 Å². The van der Waals surface area contributed by atoms with Crippen LogP contribution < -0.4 is 0 Å². The van der Waals surface area contributed by atoms with Crippen molar-refractivity contribution < 1.29 is 17.0 Å². The van der Waals surface area contributed by atoms with Crippen molar-refractivity contribution in [2.45, 2.75) is 0 Å². The van der Waals surface area contributed by atoms with Crippen molar-refractivity contribution in [2.24, 2.45) is 0 Å². The molecule has 1 rings (SSSR count). The van der Waals surface area contributed by atoms with E-state index < -0.39 is 5.97 Å². The highest BCUT2D eigenvalue weighted by molar-refractivity contribution is 5.86. The Morgan fingerprint density at radius 3 is 3.18 bits per heavy atom. The molecule has 0 N–H and O–H groups in total. The van der Waals surface area contributed by atoms with E-state index in [1.54, 1.807) is 0 Å². The molecule has 3 nitrogen and oxygen atoms in total. The Bertz CT molecular complexity index is 315. The molecule has 58 valence electrons. The van der Waals surface area contributed by atoms with Crippen LogP contribution >= 0.6 is 0 Å². The van der Waals surface area contributed by atoms with Crippen LogP contribution in [0.4, 0.5) is 0 Å². The Hall–Kier alpha value is -1.51. The Balaban J connectivity index is 2.99. The van der Waals surface area contributed by atoms with Crippen LogP contribution in [0.5, 0.6) is 0 Å². The number of carbonyl (C=O) groups excluding carboxylic acids is 1. The van der Waals surface area contributed by atoms with Gasteiger partial charge in [-0.1, -0.05) is 12.2 Å². The van der Waals surface area contributed by atoms with E-state index in [0.29, 0.717) is 0 Å². The van der Waals surface area contributed by atoms with Crippen LogP contribution in [-0.2, 0) is 14.3 Å². The molecule has 0 aromatic heterocycles. The second kappa shape index (κ2) is 3.61. The molecule has 1 aliphatic heterocycles. The lowest BCUT2D eigenvalue weighted by molar-refractivity contribution is -0.139. The molecule has 0 aromatic carbocycles. The number of hydrogen-bond donors (Lipinski definition) is 0. The molecule has 1 aliphatic rings. The average molecular weight is 154 g/mol. The summed E-state index contributed by atoms with van der Waals surface area (Å²) < 4.78 is 23.6. The maximum atomic E-state index is 11.0. The van der Waals surface area contributed by atoms with Crippen LogP contribution in [0, 0.1) is 0 Å². The summed E-state index contributed by atoms with van der Waals surface area (Å²) in [6, 6.07) is -0.106. The number of methoxy groups -OCH3 is 1. The SMILES string of the molecule is [2H]C1=CC=CC([2H])=C(C(=O)OC)O1. The van der Waals surface area contributed by atoms with Crippen molar-refractivity contribution >= 4 is 5.97 Å². The summed E-state index contributed by atoms with van der Waals surface area (Å²) in [6.45, 7) is 0. The average Bonchev–Trinajstić information content (AvgIpc) is 2.27. The normalized spacial score (nSPS) is 19.2. The molecular weight excluding hydrogens is 144 g/mol. The zero-order chi connectivity index (χ0) is 9.84. The highest BCUT2D eigenvalue weighted by Crippen LogP contribution is 2.04. The third-order valence-electron chi connectivity index (χ3n) is 1.01. The third-order valence-corrected chi connectivity index (χ3v) is 1.01. The highest BCUT2D eigenvalue weighted by atomic mass is 16.6. The van der Waals surface area contributed by atoms with Gasteiger partial charge >= 0.3 is 5.97 Å². The molecule has 0 aliphatic carbocycles. The van der Waals surface area contributed by atoms with Crippen LogP contribution in [0.25, 0.3) is 0 Å². The molecular formula is C8H8O3. The Morgan fingerprint density at radius 1 is 1.64 bits per heavy atom. The number of rotatable bonds is 1. The van der Waals surface area contributed by atoms with Gasteiger partial charge in [-0.05, 0) is 12.1 Å². The maximum Gasteiger partial charge on any atom is 0.373 e. The summed E-state index contributed by atoms with van der Waals surface area (Å²) in [5.74, 6) is -1.02. The number of esters is 1. The van der Waals surface area contributed by atoms with Gasteiger partial charge in [0.25, 0.3) is 0 Å². The predicted molar refractivity (Wildman–Crippen MR) is 39.5 cm³/mol. The van der Waals surface area contributed by atoms with Crippen molar-refractivity contribution in [1.29, 1.82) is 0 Å². The van der Waals surface area contributed by atoms with Gasteiger partial charge < -0.3 is 9.47 Å². The fourth-order valence-corrected chi connectivity index (χ4v) is 0.527. The lowest BCUT2D eigenvalue weighted by Gasteiger charge is -2.00. The standard InChI is InChI=1S/C8H8O3/c1-10-8(9)7-5-3-2-4-6-11-7/h2-6H,1H3/i5D,6D. The van der Waals surface area contributed by atoms with Crippen molar-refractivity contribution in [3.8, 4) is 0 Å². The fourth-order valence-electron chi connectivity index (χ4n) is 0.527. The zero-order valence-corrected chi connectivity index (χ0v) is 5.96. The van der Waals surface area contributed by atoms with E-state index in [1.165, 1.54) is 25.3 Å². The molecule has 0 bridgehead atoms. The third kappa shape index (κ3) is 1.97. The second-order valence-corrected chi connectivity index (χ2v) is 1.71. The molecule has 0 saturated heterocycles. The van der Waals surface area contributed by atoms with Crippen molar-refractivity contribution in [1.82, 2.24) is 0 Å². The van der Waals surface area contributed by atoms with E-state index in [9.17, 15) is 4.79 Å². The second-order valence-electron chi connectivity index (χ2n) is 1.71. The Labute approximate surface area is 67.4 Å². The predicted octanol–water partition coefficient (Wildman–Crippen LogP) is 1.14. The molecule has 0 spiro atoms. The molecule has 11 heavy (non-hydrogen) atoms. The van der Waals surface area contributed by atoms with Crippen molar-refractivity contribution in [3.63, 3.8) is 0 Å². The Kier molecular flexibility index (Phi) is 1.70. The minimum Gasteiger partial charge on any atom is -0.463 e. The zero-order valence-electron chi connectivity index (χ0n) is 7.96. The first-order valence-corrected chi connectivity index (χ1v) is 2.97. The van der Waals surface area contributed by atoms with Gasteiger partial charge in [-0.2, -0.15) is 0 Å². The smallest absolute Gasteiger partial charge is 0.373 e. The van der Waals surface area contributed by atoms with E-state index in [0.717, 1.165) is 0 Å². The molecule has 0 unspecified atom stereocenters. The Morgan fingerprint density at radius 2 is 2.45 bits per heavy atom. The topological polar surface area (TPSA) is 35.5 Å². The van der Waals surface area contributed by atoms with Crippen LogP contribution in [0.2, 0.25) is 0 Å². The van der Waals surface area contributed by atoms with Gasteiger partial charge in [0, 0.05) is 0 Å². The first kappa shape index (κ1) is 5.18. The first-order valence-electron chi connectivity index (χ1n) is 3.97. The van der Waals surface area contributed by atoms with E-state index in [4.69, 9.17) is 7.48 Å². The number of ether oxygens (including phenoxy) is 2. The van der Waals surface area contributed by atoms with Gasteiger partial charge in [0.05, 0.1) is 14.7 Å². The molecule has 0 radical (unpaired) electrons. The summed E-state index contributed by atoms with van der Waals surface area (Å²) in [6.07, 6.45) is 3.96. The van der Waals surface area contributed by atoms with Crippen molar-refractivity contribution in [3.05, 3.63) is 36.3 Å². The molecule has 0 saturated carbocycles. The molecule has 3 heteroatoms. The maximum absolute atomic E-state index is 11.0. The van der Waals surface area contributed by atoms with Crippen LogP contribution in [0.1, 0.15) is 2.74 Å². The van der Waals surface area contributed by atoms with E-state index in [-0.39, 0.29) is 18.0 Å². The number of carbonyl (C=O) groups is 1. The fraction of sp³-hybridized carbons (Fsp3) is 0.125. The van der Waals surface area contributed by atoms with Gasteiger partial charge in [-0.25, -0.2) is 4.79 Å². The van der Waals surface area contributed by atoms with E-state index >= 15 is 0 Å². The van der Waals surface area contributed by atoms with Gasteiger partial charge in [-0.15, -0.1) is 0 Å². The monoisotopic (exact) mass is 154 g/mol. The van der Waals surface area contributed by atoms with Crippen LogP contribution in [-0.4, -0.2) is 13.1 Å². The summed E-state index contributed by atoms with van der Waals surface area (Å²) in [4.78, 5) is 11.0. The minimum atomic E-state index is -0.755. The summed E-state index contributed by atoms with van der Waals surface area (Å²) in [5.41, 5.74) is 0. The van der Waals surface area contributed by atoms with Crippen LogP contribution in [0.3, 0.4) is 0 Å². The number of allylic oxidation sites excluding steroid dienone is 4. The lowest BCUT2D eigenvalue weighted by Crippen LogP contribution is -2.05. The van der Waals surface area contributed by atoms with Gasteiger partial charge in [0.1, 0.15) is 1.37 Å². The molecule has 1 heterocycles.